The zero-order valence-electron chi connectivity index (χ0n) is 16.4. The fourth-order valence-corrected chi connectivity index (χ4v) is 4.77. The molecule has 2 atom stereocenters. The second-order valence-electron chi connectivity index (χ2n) is 7.26. The van der Waals surface area contributed by atoms with Gasteiger partial charge in [-0.15, -0.1) is 10.2 Å². The van der Waals surface area contributed by atoms with Crippen LogP contribution in [-0.4, -0.2) is 64.8 Å². The van der Waals surface area contributed by atoms with Gasteiger partial charge in [-0.05, 0) is 31.9 Å². The number of ether oxygens (including phenoxy) is 2. The summed E-state index contributed by atoms with van der Waals surface area (Å²) in [5.74, 6) is 0.927. The lowest BCUT2D eigenvalue weighted by Crippen LogP contribution is -2.38. The summed E-state index contributed by atoms with van der Waals surface area (Å²) in [6.45, 7) is 6.40. The van der Waals surface area contributed by atoms with Crippen molar-refractivity contribution < 1.29 is 14.3 Å². The van der Waals surface area contributed by atoms with E-state index in [-0.39, 0.29) is 17.1 Å². The Kier molecular flexibility index (Phi) is 6.89. The van der Waals surface area contributed by atoms with Gasteiger partial charge in [-0.1, -0.05) is 39.8 Å². The lowest BCUT2D eigenvalue weighted by atomic mass is 10.1. The highest BCUT2D eigenvalue weighted by Crippen LogP contribution is 2.29. The number of halogens is 1. The highest BCUT2D eigenvalue weighted by Gasteiger charge is 2.27. The number of Topliss-reactive ketones (excluding diaryl/α,β-unsaturated/α-hetero) is 1. The van der Waals surface area contributed by atoms with Gasteiger partial charge in [-0.25, -0.2) is 0 Å². The molecule has 0 bridgehead atoms. The molecule has 7 nitrogen and oxygen atoms in total. The van der Waals surface area contributed by atoms with Crippen LogP contribution in [0.2, 0.25) is 0 Å². The fraction of sp³-hybridized carbons (Fsp3) is 0.550. The van der Waals surface area contributed by atoms with Gasteiger partial charge in [0, 0.05) is 29.7 Å². The maximum absolute atomic E-state index is 12.9. The Balaban J connectivity index is 1.54. The molecular formula is C20H25BrN4O3S. The Hall–Kier alpha value is -1.42. The summed E-state index contributed by atoms with van der Waals surface area (Å²) in [6.07, 6.45) is 2.29. The Bertz CT molecular complexity index is 833. The maximum Gasteiger partial charge on any atom is 0.228 e. The number of hydrogen-bond acceptors (Lipinski definition) is 7. The predicted molar refractivity (Wildman–Crippen MR) is 116 cm³/mol. The summed E-state index contributed by atoms with van der Waals surface area (Å²) in [6, 6.07) is 7.47. The Morgan fingerprint density at radius 1 is 1.24 bits per heavy atom. The lowest BCUT2D eigenvalue weighted by Gasteiger charge is -2.28. The minimum absolute atomic E-state index is 0.0853. The van der Waals surface area contributed by atoms with Crippen LogP contribution in [0.1, 0.15) is 30.1 Å². The van der Waals surface area contributed by atoms with Crippen molar-refractivity contribution in [3.8, 4) is 0 Å². The van der Waals surface area contributed by atoms with Crippen LogP contribution in [0.4, 0.5) is 5.95 Å². The van der Waals surface area contributed by atoms with E-state index in [2.05, 4.69) is 35.6 Å². The Morgan fingerprint density at radius 3 is 2.69 bits per heavy atom. The lowest BCUT2D eigenvalue weighted by molar-refractivity contribution is 0.0942. The van der Waals surface area contributed by atoms with Gasteiger partial charge in [0.2, 0.25) is 5.95 Å². The first-order valence-electron chi connectivity index (χ1n) is 9.96. The van der Waals surface area contributed by atoms with E-state index in [4.69, 9.17) is 9.47 Å². The third-order valence-corrected chi connectivity index (χ3v) is 6.79. The van der Waals surface area contributed by atoms with Gasteiger partial charge >= 0.3 is 0 Å². The summed E-state index contributed by atoms with van der Waals surface area (Å²) in [5, 5.41) is 9.41. The van der Waals surface area contributed by atoms with Gasteiger partial charge in [0.25, 0.3) is 0 Å². The molecule has 2 aliphatic rings. The molecule has 2 saturated heterocycles. The molecule has 0 amide bonds. The smallest absolute Gasteiger partial charge is 0.228 e. The molecule has 0 unspecified atom stereocenters. The monoisotopic (exact) mass is 480 g/mol. The highest BCUT2D eigenvalue weighted by molar-refractivity contribution is 9.10. The second kappa shape index (κ2) is 9.59. The number of benzene rings is 1. The van der Waals surface area contributed by atoms with Gasteiger partial charge in [-0.3, -0.25) is 9.36 Å². The minimum atomic E-state index is -0.263. The molecule has 29 heavy (non-hydrogen) atoms. The topological polar surface area (TPSA) is 69.5 Å². The van der Waals surface area contributed by atoms with Gasteiger partial charge < -0.3 is 14.4 Å². The molecule has 2 aromatic rings. The summed E-state index contributed by atoms with van der Waals surface area (Å²) in [5.41, 5.74) is 0.701. The molecule has 0 saturated carbocycles. The zero-order valence-corrected chi connectivity index (χ0v) is 18.8. The van der Waals surface area contributed by atoms with Gasteiger partial charge in [0.05, 0.1) is 31.1 Å². The van der Waals surface area contributed by atoms with Crippen LogP contribution >= 0.6 is 27.7 Å². The van der Waals surface area contributed by atoms with Crippen LogP contribution < -0.4 is 4.90 Å². The van der Waals surface area contributed by atoms with Crippen LogP contribution in [0.25, 0.3) is 0 Å². The molecule has 2 aliphatic heterocycles. The van der Waals surface area contributed by atoms with Crippen LogP contribution in [0, 0.1) is 0 Å². The number of rotatable bonds is 7. The van der Waals surface area contributed by atoms with Crippen molar-refractivity contribution in [2.24, 2.45) is 0 Å². The first-order chi connectivity index (χ1) is 14.1. The summed E-state index contributed by atoms with van der Waals surface area (Å²) < 4.78 is 14.4. The Labute approximate surface area is 183 Å². The molecule has 156 valence electrons. The van der Waals surface area contributed by atoms with Gasteiger partial charge in [0.15, 0.2) is 10.9 Å². The number of carbonyl (C=O) groups excluding carboxylic acids is 1. The number of ketones is 1. The quantitative estimate of drug-likeness (QED) is 0.444. The van der Waals surface area contributed by atoms with Crippen LogP contribution in [0.3, 0.4) is 0 Å². The fourth-order valence-electron chi connectivity index (χ4n) is 3.58. The number of hydrogen-bond donors (Lipinski definition) is 0. The van der Waals surface area contributed by atoms with Crippen molar-refractivity contribution in [3.05, 3.63) is 34.3 Å². The molecule has 4 rings (SSSR count). The van der Waals surface area contributed by atoms with Crippen molar-refractivity contribution in [2.45, 2.75) is 42.8 Å². The number of thioether (sulfide) groups is 1. The SMILES string of the molecule is C[C@H](Sc1nnc(N2CCOCC2)n1C[C@H]1CCCO1)C(=O)c1ccc(Br)cc1. The molecule has 1 aromatic heterocycles. The number of aromatic nitrogens is 3. The largest absolute Gasteiger partial charge is 0.378 e. The van der Waals surface area contributed by atoms with E-state index in [1.54, 1.807) is 0 Å². The number of carbonyl (C=O) groups is 1. The van der Waals surface area contributed by atoms with E-state index in [1.807, 2.05) is 31.2 Å². The molecule has 9 heteroatoms. The second-order valence-corrected chi connectivity index (χ2v) is 9.48. The average Bonchev–Trinajstić information content (AvgIpc) is 3.39. The summed E-state index contributed by atoms with van der Waals surface area (Å²) in [4.78, 5) is 15.1. The minimum Gasteiger partial charge on any atom is -0.378 e. The third-order valence-electron chi connectivity index (χ3n) is 5.18. The van der Waals surface area contributed by atoms with Crippen molar-refractivity contribution in [1.82, 2.24) is 14.8 Å². The summed E-state index contributed by atoms with van der Waals surface area (Å²) >= 11 is 4.87. The van der Waals surface area contributed by atoms with E-state index in [9.17, 15) is 4.79 Å². The van der Waals surface area contributed by atoms with E-state index < -0.39 is 0 Å². The van der Waals surface area contributed by atoms with Crippen LogP contribution in [0.5, 0.6) is 0 Å². The number of nitrogens with zero attached hydrogens (tertiary/aromatic N) is 4. The molecule has 0 N–H and O–H groups in total. The molecule has 0 aliphatic carbocycles. The first-order valence-corrected chi connectivity index (χ1v) is 11.6. The molecular weight excluding hydrogens is 456 g/mol. The van der Waals surface area contributed by atoms with E-state index in [0.717, 1.165) is 48.1 Å². The normalized spacial score (nSPS) is 20.8. The molecule has 3 heterocycles. The van der Waals surface area contributed by atoms with Crippen LogP contribution in [0.15, 0.2) is 33.9 Å². The highest BCUT2D eigenvalue weighted by atomic mass is 79.9. The van der Waals surface area contributed by atoms with Gasteiger partial charge in [-0.2, -0.15) is 0 Å². The Morgan fingerprint density at radius 2 is 2.00 bits per heavy atom. The van der Waals surface area contributed by atoms with Crippen molar-refractivity contribution in [2.75, 3.05) is 37.8 Å². The van der Waals surface area contributed by atoms with Crippen LogP contribution in [-0.2, 0) is 16.0 Å². The van der Waals surface area contributed by atoms with E-state index in [1.165, 1.54) is 11.8 Å². The van der Waals surface area contributed by atoms with Gasteiger partial charge in [0.1, 0.15) is 0 Å². The zero-order chi connectivity index (χ0) is 20.2. The van der Waals surface area contributed by atoms with Crippen molar-refractivity contribution >= 4 is 39.4 Å². The average molecular weight is 481 g/mol. The number of morpholine rings is 1. The van der Waals surface area contributed by atoms with E-state index in [0.29, 0.717) is 25.3 Å². The first kappa shape index (κ1) is 20.8. The standard InChI is InChI=1S/C20H25BrN4O3S/c1-14(18(26)15-4-6-16(21)7-5-15)29-20-23-22-19(24-8-11-27-12-9-24)25(20)13-17-3-2-10-28-17/h4-7,14,17H,2-3,8-13H2,1H3/t14-,17+/m0/s1. The molecule has 0 spiro atoms. The third kappa shape index (κ3) is 5.02. The number of anilines is 1. The predicted octanol–water partition coefficient (Wildman–Crippen LogP) is 3.42. The van der Waals surface area contributed by atoms with E-state index >= 15 is 0 Å². The molecule has 2 fully saturated rings. The van der Waals surface area contributed by atoms with Crippen molar-refractivity contribution in [3.63, 3.8) is 0 Å². The molecule has 1 aromatic carbocycles. The van der Waals surface area contributed by atoms with Crippen molar-refractivity contribution in [1.29, 1.82) is 0 Å². The summed E-state index contributed by atoms with van der Waals surface area (Å²) in [7, 11) is 0. The maximum atomic E-state index is 12.9. The molecule has 0 radical (unpaired) electrons.